The first-order chi connectivity index (χ1) is 8.41. The molecule has 0 unspecified atom stereocenters. The van der Waals surface area contributed by atoms with E-state index in [9.17, 15) is 14.4 Å². The van der Waals surface area contributed by atoms with Crippen LogP contribution >= 0.6 is 12.4 Å². The van der Waals surface area contributed by atoms with E-state index in [-0.39, 0.29) is 56.1 Å². The Morgan fingerprint density at radius 3 is 2.32 bits per heavy atom. The largest absolute Gasteiger partial charge is 0.353 e. The lowest BCUT2D eigenvalue weighted by Crippen LogP contribution is -2.44. The Morgan fingerprint density at radius 1 is 1.32 bits per heavy atom. The number of rotatable bonds is 6. The highest BCUT2D eigenvalue weighted by Crippen LogP contribution is 2.10. The average molecular weight is 292 g/mol. The molecule has 1 aliphatic rings. The van der Waals surface area contributed by atoms with Gasteiger partial charge in [-0.25, -0.2) is 0 Å². The molecule has 0 saturated carbocycles. The van der Waals surface area contributed by atoms with E-state index in [2.05, 4.69) is 5.32 Å². The first kappa shape index (κ1) is 17.9. The summed E-state index contributed by atoms with van der Waals surface area (Å²) in [6.45, 7) is 4.49. The number of likely N-dealkylation sites (tertiary alicyclic amines) is 1. The Hall–Kier alpha value is -1.14. The molecule has 1 atom stereocenters. The van der Waals surface area contributed by atoms with Crippen molar-refractivity contribution in [2.75, 3.05) is 13.1 Å². The zero-order chi connectivity index (χ0) is 13.7. The summed E-state index contributed by atoms with van der Waals surface area (Å²) in [7, 11) is 0. The molecule has 6 nitrogen and oxygen atoms in total. The number of imide groups is 1. The molecule has 0 aromatic heterocycles. The molecule has 19 heavy (non-hydrogen) atoms. The summed E-state index contributed by atoms with van der Waals surface area (Å²) < 4.78 is 0. The number of carbonyl (C=O) groups excluding carboxylic acids is 3. The van der Waals surface area contributed by atoms with E-state index in [0.29, 0.717) is 12.3 Å². The van der Waals surface area contributed by atoms with Crippen molar-refractivity contribution in [2.24, 2.45) is 11.7 Å². The Bertz CT molecular complexity index is 331. The second-order valence-electron chi connectivity index (χ2n) is 4.97. The van der Waals surface area contributed by atoms with E-state index in [1.807, 2.05) is 13.8 Å². The van der Waals surface area contributed by atoms with Gasteiger partial charge in [0.2, 0.25) is 17.7 Å². The van der Waals surface area contributed by atoms with E-state index in [4.69, 9.17) is 5.73 Å². The molecule has 3 amide bonds. The number of hydrogen-bond donors (Lipinski definition) is 2. The van der Waals surface area contributed by atoms with Crippen molar-refractivity contribution in [1.82, 2.24) is 10.2 Å². The van der Waals surface area contributed by atoms with Crippen molar-refractivity contribution >= 4 is 30.1 Å². The van der Waals surface area contributed by atoms with Crippen LogP contribution in [0.4, 0.5) is 0 Å². The molecule has 110 valence electrons. The fourth-order valence-electron chi connectivity index (χ4n) is 1.91. The second kappa shape index (κ2) is 8.12. The van der Waals surface area contributed by atoms with Crippen LogP contribution in [0.5, 0.6) is 0 Å². The van der Waals surface area contributed by atoms with Gasteiger partial charge in [-0.05, 0) is 12.3 Å². The number of nitrogens with one attached hydrogen (secondary N) is 1. The minimum absolute atomic E-state index is 0. The predicted octanol–water partition coefficient (Wildman–Crippen LogP) is 0.0468. The van der Waals surface area contributed by atoms with Crippen molar-refractivity contribution in [1.29, 1.82) is 0 Å². The summed E-state index contributed by atoms with van der Waals surface area (Å²) in [6, 6.07) is -0.532. The van der Waals surface area contributed by atoms with E-state index in [0.717, 1.165) is 0 Å². The van der Waals surface area contributed by atoms with Crippen LogP contribution in [0.2, 0.25) is 0 Å². The maximum atomic E-state index is 11.6. The number of nitrogens with zero attached hydrogens (tertiary/aromatic N) is 1. The van der Waals surface area contributed by atoms with Gasteiger partial charge in [0.15, 0.2) is 0 Å². The van der Waals surface area contributed by atoms with Crippen LogP contribution in [-0.2, 0) is 14.4 Å². The minimum Gasteiger partial charge on any atom is -0.353 e. The molecule has 1 heterocycles. The molecule has 0 aromatic carbocycles. The van der Waals surface area contributed by atoms with Gasteiger partial charge in [0.1, 0.15) is 0 Å². The summed E-state index contributed by atoms with van der Waals surface area (Å²) in [6.07, 6.45) is 1.17. The first-order valence-electron chi connectivity index (χ1n) is 6.28. The molecule has 1 rings (SSSR count). The Kier molecular flexibility index (Phi) is 7.63. The number of nitrogens with two attached hydrogens (primary N) is 1. The Balaban J connectivity index is 0.00000324. The van der Waals surface area contributed by atoms with Gasteiger partial charge in [0, 0.05) is 25.9 Å². The fourth-order valence-corrected chi connectivity index (χ4v) is 1.91. The maximum absolute atomic E-state index is 11.6. The van der Waals surface area contributed by atoms with Gasteiger partial charge in [-0.2, -0.15) is 0 Å². The van der Waals surface area contributed by atoms with Crippen molar-refractivity contribution in [2.45, 2.75) is 39.2 Å². The van der Waals surface area contributed by atoms with Gasteiger partial charge in [-0.1, -0.05) is 13.8 Å². The summed E-state index contributed by atoms with van der Waals surface area (Å²) in [4.78, 5) is 35.4. The maximum Gasteiger partial charge on any atom is 0.236 e. The highest BCUT2D eigenvalue weighted by molar-refractivity contribution is 6.01. The van der Waals surface area contributed by atoms with E-state index in [1.165, 1.54) is 4.90 Å². The fraction of sp³-hybridized carbons (Fsp3) is 0.750. The van der Waals surface area contributed by atoms with Crippen LogP contribution in [0, 0.1) is 5.92 Å². The molecule has 0 bridgehead atoms. The molecule has 7 heteroatoms. The van der Waals surface area contributed by atoms with Crippen molar-refractivity contribution in [3.63, 3.8) is 0 Å². The van der Waals surface area contributed by atoms with E-state index < -0.39 is 6.04 Å². The zero-order valence-corrected chi connectivity index (χ0v) is 12.2. The molecule has 0 aromatic rings. The molecule has 3 N–H and O–H groups in total. The van der Waals surface area contributed by atoms with Crippen molar-refractivity contribution in [3.05, 3.63) is 0 Å². The number of halogens is 1. The minimum atomic E-state index is -0.532. The summed E-state index contributed by atoms with van der Waals surface area (Å²) in [5.41, 5.74) is 5.71. The van der Waals surface area contributed by atoms with E-state index >= 15 is 0 Å². The number of amides is 3. The molecule has 0 radical (unpaired) electrons. The van der Waals surface area contributed by atoms with E-state index in [1.54, 1.807) is 0 Å². The molecular formula is C12H22ClN3O3. The van der Waals surface area contributed by atoms with Gasteiger partial charge in [0.25, 0.3) is 0 Å². The van der Waals surface area contributed by atoms with Crippen LogP contribution in [0.3, 0.4) is 0 Å². The third kappa shape index (κ3) is 5.57. The van der Waals surface area contributed by atoms with Crippen LogP contribution in [-0.4, -0.2) is 41.8 Å². The smallest absolute Gasteiger partial charge is 0.236 e. The SMILES string of the molecule is CC(C)C[C@H](N)C(=O)NCCN1C(=O)CCC1=O.Cl. The first-order valence-corrected chi connectivity index (χ1v) is 6.28. The highest BCUT2D eigenvalue weighted by Gasteiger charge is 2.28. The standard InChI is InChI=1S/C12H21N3O3.ClH/c1-8(2)7-9(13)12(18)14-5-6-15-10(16)3-4-11(15)17;/h8-9H,3-7,13H2,1-2H3,(H,14,18);1H/t9-;/m0./s1. The normalized spacial score (nSPS) is 16.5. The summed E-state index contributed by atoms with van der Waals surface area (Å²) in [5, 5.41) is 2.65. The monoisotopic (exact) mass is 291 g/mol. The van der Waals surface area contributed by atoms with Crippen molar-refractivity contribution in [3.8, 4) is 0 Å². The third-order valence-electron chi connectivity index (χ3n) is 2.85. The molecule has 0 spiro atoms. The van der Waals surface area contributed by atoms with Gasteiger partial charge >= 0.3 is 0 Å². The van der Waals surface area contributed by atoms with Gasteiger partial charge in [-0.3, -0.25) is 19.3 Å². The summed E-state index contributed by atoms with van der Waals surface area (Å²) in [5.74, 6) is -0.211. The van der Waals surface area contributed by atoms with Gasteiger partial charge in [-0.15, -0.1) is 12.4 Å². The van der Waals surface area contributed by atoms with Crippen molar-refractivity contribution < 1.29 is 14.4 Å². The van der Waals surface area contributed by atoms with Crippen LogP contribution in [0.15, 0.2) is 0 Å². The topological polar surface area (TPSA) is 92.5 Å². The van der Waals surface area contributed by atoms with Gasteiger partial charge in [0.05, 0.1) is 6.04 Å². The lowest BCUT2D eigenvalue weighted by Gasteiger charge is -2.17. The summed E-state index contributed by atoms with van der Waals surface area (Å²) >= 11 is 0. The zero-order valence-electron chi connectivity index (χ0n) is 11.3. The Labute approximate surface area is 119 Å². The van der Waals surface area contributed by atoms with Crippen LogP contribution in [0.1, 0.15) is 33.1 Å². The second-order valence-corrected chi connectivity index (χ2v) is 4.97. The van der Waals surface area contributed by atoms with Gasteiger partial charge < -0.3 is 11.1 Å². The highest BCUT2D eigenvalue weighted by atomic mass is 35.5. The predicted molar refractivity (Wildman–Crippen MR) is 73.6 cm³/mol. The molecule has 1 fully saturated rings. The molecule has 1 saturated heterocycles. The third-order valence-corrected chi connectivity index (χ3v) is 2.85. The molecular weight excluding hydrogens is 270 g/mol. The Morgan fingerprint density at radius 2 is 1.84 bits per heavy atom. The molecule has 1 aliphatic heterocycles. The quantitative estimate of drug-likeness (QED) is 0.676. The number of hydrogen-bond acceptors (Lipinski definition) is 4. The number of carbonyl (C=O) groups is 3. The average Bonchev–Trinajstić information content (AvgIpc) is 2.59. The lowest BCUT2D eigenvalue weighted by molar-refractivity contribution is -0.138. The lowest BCUT2D eigenvalue weighted by atomic mass is 10.0. The van der Waals surface area contributed by atoms with Crippen LogP contribution < -0.4 is 11.1 Å². The molecule has 0 aliphatic carbocycles. The van der Waals surface area contributed by atoms with Crippen LogP contribution in [0.25, 0.3) is 0 Å².